The van der Waals surface area contributed by atoms with Crippen LogP contribution in [0.1, 0.15) is 47.8 Å². The average Bonchev–Trinajstić information content (AvgIpc) is 3.58. The first kappa shape index (κ1) is 31.8. The number of thiophene rings is 1. The number of imide groups is 1. The molecule has 0 spiro atoms. The number of fused-ring (bicyclic) bond motifs is 1. The number of rotatable bonds is 7. The molecule has 0 atom stereocenters. The quantitative estimate of drug-likeness (QED) is 0.127. The Kier molecular flexibility index (Phi) is 8.41. The van der Waals surface area contributed by atoms with Gasteiger partial charge >= 0.3 is 6.18 Å². The topological polar surface area (TPSA) is 60.9 Å². The predicted octanol–water partition coefficient (Wildman–Crippen LogP) is 8.44. The lowest BCUT2D eigenvalue weighted by molar-refractivity contribution is -0.137. The van der Waals surface area contributed by atoms with Gasteiger partial charge in [-0.05, 0) is 65.7 Å². The number of piperazine rings is 1. The fourth-order valence-corrected chi connectivity index (χ4v) is 7.64. The van der Waals surface area contributed by atoms with Gasteiger partial charge in [0.2, 0.25) is 0 Å². The van der Waals surface area contributed by atoms with Gasteiger partial charge < -0.3 is 4.90 Å². The van der Waals surface area contributed by atoms with Crippen LogP contribution in [0.5, 0.6) is 0 Å². The van der Waals surface area contributed by atoms with Crippen molar-refractivity contribution < 1.29 is 27.6 Å². The third kappa shape index (κ3) is 5.91. The molecule has 7 rings (SSSR count). The van der Waals surface area contributed by atoms with Crippen molar-refractivity contribution in [1.82, 2.24) is 4.90 Å². The van der Waals surface area contributed by atoms with Gasteiger partial charge in [0.1, 0.15) is 5.00 Å². The van der Waals surface area contributed by atoms with Crippen LogP contribution in [0.2, 0.25) is 5.02 Å². The van der Waals surface area contributed by atoms with E-state index in [1.54, 1.807) is 54.6 Å². The van der Waals surface area contributed by atoms with Crippen LogP contribution in [0.25, 0.3) is 10.4 Å². The first-order valence-electron chi connectivity index (χ1n) is 15.2. The van der Waals surface area contributed by atoms with Crippen LogP contribution in [0.15, 0.2) is 103 Å². The summed E-state index contributed by atoms with van der Waals surface area (Å²) in [6.45, 7) is 2.28. The molecule has 1 fully saturated rings. The van der Waals surface area contributed by atoms with Crippen LogP contribution in [0.3, 0.4) is 0 Å². The number of hydrogen-bond acceptors (Lipinski definition) is 6. The van der Waals surface area contributed by atoms with Crippen LogP contribution in [0.4, 0.5) is 23.9 Å². The van der Waals surface area contributed by atoms with Crippen molar-refractivity contribution in [2.75, 3.05) is 36.0 Å². The van der Waals surface area contributed by atoms with Gasteiger partial charge in [-0.1, -0.05) is 60.1 Å². The van der Waals surface area contributed by atoms with Crippen molar-refractivity contribution in [3.05, 3.63) is 142 Å². The minimum Gasteiger partial charge on any atom is -0.369 e. The van der Waals surface area contributed by atoms with Gasteiger partial charge in [-0.25, -0.2) is 4.90 Å². The van der Waals surface area contributed by atoms with Gasteiger partial charge in [0.15, 0.2) is 5.78 Å². The van der Waals surface area contributed by atoms with Crippen molar-refractivity contribution in [3.8, 4) is 10.4 Å². The Morgan fingerprint density at radius 2 is 1.40 bits per heavy atom. The van der Waals surface area contributed by atoms with E-state index in [4.69, 9.17) is 11.6 Å². The molecule has 0 N–H and O–H groups in total. The van der Waals surface area contributed by atoms with Crippen LogP contribution < -0.4 is 9.80 Å². The molecule has 2 aliphatic heterocycles. The number of nitrogens with zero attached hydrogens (tertiary/aromatic N) is 3. The van der Waals surface area contributed by atoms with Crippen molar-refractivity contribution in [3.63, 3.8) is 0 Å². The lowest BCUT2D eigenvalue weighted by Crippen LogP contribution is -2.46. The summed E-state index contributed by atoms with van der Waals surface area (Å²) < 4.78 is 40.2. The molecule has 0 unspecified atom stereocenters. The largest absolute Gasteiger partial charge is 0.416 e. The highest BCUT2D eigenvalue weighted by atomic mass is 35.5. The Morgan fingerprint density at radius 3 is 2.02 bits per heavy atom. The fraction of sp³-hybridized carbons (Fsp3) is 0.162. The molecule has 48 heavy (non-hydrogen) atoms. The van der Waals surface area contributed by atoms with Gasteiger partial charge in [-0.2, -0.15) is 13.2 Å². The molecule has 6 nitrogen and oxygen atoms in total. The van der Waals surface area contributed by atoms with Crippen molar-refractivity contribution in [2.24, 2.45) is 0 Å². The number of amides is 2. The molecule has 1 aromatic heterocycles. The highest BCUT2D eigenvalue weighted by Crippen LogP contribution is 2.46. The molecular formula is C37H27ClF3N3O3S. The standard InChI is InChI=1S/C37H27ClF3N3O3S/c38-26-15-13-23(14-16-26)32(45)31-30(22-42-17-19-43(20-18-42)27-10-6-9-25(21-27)37(39,40)41)33(24-7-2-1-3-8-24)48-36(31)44-34(46)28-11-4-5-12-29(28)35(44)47/h1-16,21H,17-20,22H2. The number of benzene rings is 4. The van der Waals surface area contributed by atoms with Gasteiger partial charge in [0.25, 0.3) is 11.8 Å². The second kappa shape index (κ2) is 12.7. The summed E-state index contributed by atoms with van der Waals surface area (Å²) >= 11 is 7.37. The fourth-order valence-electron chi connectivity index (χ4n) is 6.20. The van der Waals surface area contributed by atoms with Crippen molar-refractivity contribution in [1.29, 1.82) is 0 Å². The van der Waals surface area contributed by atoms with E-state index in [0.717, 1.165) is 21.4 Å². The number of ketones is 1. The van der Waals surface area contributed by atoms with Crippen molar-refractivity contribution >= 4 is 51.2 Å². The van der Waals surface area contributed by atoms with Gasteiger partial charge in [0, 0.05) is 53.9 Å². The number of alkyl halides is 3. The summed E-state index contributed by atoms with van der Waals surface area (Å²) in [7, 11) is 0. The van der Waals surface area contributed by atoms with Crippen LogP contribution >= 0.6 is 22.9 Å². The Hall–Kier alpha value is -4.77. The summed E-state index contributed by atoms with van der Waals surface area (Å²) in [6, 6.07) is 27.9. The molecule has 0 aliphatic carbocycles. The first-order chi connectivity index (χ1) is 23.1. The van der Waals surface area contributed by atoms with E-state index in [2.05, 4.69) is 4.90 Å². The number of carbonyl (C=O) groups is 3. The van der Waals surface area contributed by atoms with Gasteiger partial charge in [0.05, 0.1) is 22.3 Å². The van der Waals surface area contributed by atoms with Crippen LogP contribution in [0, 0.1) is 0 Å². The van der Waals surface area contributed by atoms with E-state index < -0.39 is 23.6 Å². The second-order valence-electron chi connectivity index (χ2n) is 11.6. The molecule has 0 radical (unpaired) electrons. The third-order valence-corrected chi connectivity index (χ3v) is 10.2. The molecule has 2 amide bonds. The summed E-state index contributed by atoms with van der Waals surface area (Å²) in [5.74, 6) is -1.35. The van der Waals surface area contributed by atoms with E-state index >= 15 is 0 Å². The molecule has 2 aliphatic rings. The summed E-state index contributed by atoms with van der Waals surface area (Å²) in [6.07, 6.45) is -4.44. The van der Waals surface area contributed by atoms with E-state index in [0.29, 0.717) is 54.6 Å². The molecule has 242 valence electrons. The highest BCUT2D eigenvalue weighted by molar-refractivity contribution is 7.20. The zero-order valence-electron chi connectivity index (χ0n) is 25.3. The lowest BCUT2D eigenvalue weighted by atomic mass is 9.97. The molecule has 0 bridgehead atoms. The minimum absolute atomic E-state index is 0.248. The number of hydrogen-bond donors (Lipinski definition) is 0. The summed E-state index contributed by atoms with van der Waals surface area (Å²) in [5, 5.41) is 0.707. The smallest absolute Gasteiger partial charge is 0.369 e. The first-order valence-corrected chi connectivity index (χ1v) is 16.4. The van der Waals surface area contributed by atoms with E-state index in [-0.39, 0.29) is 27.5 Å². The van der Waals surface area contributed by atoms with Gasteiger partial charge in [-0.3, -0.25) is 19.3 Å². The number of anilines is 2. The normalized spacial score (nSPS) is 15.2. The molecular weight excluding hydrogens is 659 g/mol. The van der Waals surface area contributed by atoms with Gasteiger partial charge in [-0.15, -0.1) is 11.3 Å². The Morgan fingerprint density at radius 1 is 0.771 bits per heavy atom. The second-order valence-corrected chi connectivity index (χ2v) is 13.0. The Balaban J connectivity index is 1.29. The number of carbonyl (C=O) groups excluding carboxylic acids is 3. The summed E-state index contributed by atoms with van der Waals surface area (Å²) in [5.41, 5.74) is 2.46. The Labute approximate surface area is 283 Å². The minimum atomic E-state index is -4.44. The maximum absolute atomic E-state index is 14.5. The lowest BCUT2D eigenvalue weighted by Gasteiger charge is -2.36. The molecule has 3 heterocycles. The van der Waals surface area contributed by atoms with Crippen LogP contribution in [-0.2, 0) is 12.7 Å². The van der Waals surface area contributed by atoms with E-state index in [9.17, 15) is 27.6 Å². The van der Waals surface area contributed by atoms with E-state index in [1.165, 1.54) is 23.5 Å². The molecule has 1 saturated heterocycles. The van der Waals surface area contributed by atoms with E-state index in [1.807, 2.05) is 35.2 Å². The molecule has 0 saturated carbocycles. The zero-order chi connectivity index (χ0) is 33.6. The predicted molar refractivity (Wildman–Crippen MR) is 181 cm³/mol. The third-order valence-electron chi connectivity index (χ3n) is 8.65. The highest BCUT2D eigenvalue weighted by Gasteiger charge is 2.41. The van der Waals surface area contributed by atoms with Crippen molar-refractivity contribution in [2.45, 2.75) is 12.7 Å². The summed E-state index contributed by atoms with van der Waals surface area (Å²) in [4.78, 5) is 47.9. The molecule has 4 aromatic carbocycles. The molecule has 11 heteroatoms. The molecule has 5 aromatic rings. The monoisotopic (exact) mass is 685 g/mol. The van der Waals surface area contributed by atoms with Crippen LogP contribution in [-0.4, -0.2) is 48.7 Å². The SMILES string of the molecule is O=C(c1ccc(Cl)cc1)c1c(N2C(=O)c3ccccc3C2=O)sc(-c2ccccc2)c1CN1CCN(c2cccc(C(F)(F)F)c2)CC1. The maximum atomic E-state index is 14.5. The Bertz CT molecular complexity index is 2000. The number of halogens is 4. The maximum Gasteiger partial charge on any atom is 0.416 e. The zero-order valence-corrected chi connectivity index (χ0v) is 26.9. The average molecular weight is 686 g/mol.